The summed E-state index contributed by atoms with van der Waals surface area (Å²) in [5.74, 6) is -0.135. The van der Waals surface area contributed by atoms with Gasteiger partial charge in [-0.05, 0) is 25.1 Å². The number of thioether (sulfide) groups is 1. The highest BCUT2D eigenvalue weighted by atomic mass is 35.5. The number of nitrogens with one attached hydrogen (secondary N) is 1. The number of halogens is 1. The van der Waals surface area contributed by atoms with Gasteiger partial charge >= 0.3 is 0 Å². The molecule has 0 saturated carbocycles. The average molecular weight is 563 g/mol. The molecule has 5 rings (SSSR count). The largest absolute Gasteiger partial charge is 0.337 e. The number of anilines is 2. The Morgan fingerprint density at radius 3 is 2.91 bits per heavy atom. The zero-order valence-corrected chi connectivity index (χ0v) is 23.1. The summed E-state index contributed by atoms with van der Waals surface area (Å²) in [5, 5.41) is 9.90. The minimum Gasteiger partial charge on any atom is -0.337 e. The number of hydrogen-bond donors (Lipinski definition) is 1. The third-order valence-corrected chi connectivity index (χ3v) is 9.70. The fraction of sp³-hybridized carbons (Fsp3) is 0.217. The van der Waals surface area contributed by atoms with Gasteiger partial charge in [-0.1, -0.05) is 34.7 Å². The molecule has 7 nitrogen and oxygen atoms in total. The molecule has 3 aromatic heterocycles. The van der Waals surface area contributed by atoms with Gasteiger partial charge in [0, 0.05) is 35.8 Å². The summed E-state index contributed by atoms with van der Waals surface area (Å²) in [4.78, 5) is 32.3. The van der Waals surface area contributed by atoms with Gasteiger partial charge in [0.25, 0.3) is 10.6 Å². The summed E-state index contributed by atoms with van der Waals surface area (Å²) >= 11 is 12.3. The van der Waals surface area contributed by atoms with E-state index in [0.29, 0.717) is 23.2 Å². The van der Waals surface area contributed by atoms with E-state index in [0.717, 1.165) is 35.5 Å². The Morgan fingerprint density at radius 2 is 2.14 bits per heavy atom. The fourth-order valence-corrected chi connectivity index (χ4v) is 8.06. The topological polar surface area (TPSA) is 71.1 Å². The molecule has 35 heavy (non-hydrogen) atoms. The van der Waals surface area contributed by atoms with E-state index >= 15 is 0 Å². The highest BCUT2D eigenvalue weighted by molar-refractivity contribution is 8.08. The molecule has 1 amide bonds. The van der Waals surface area contributed by atoms with Crippen molar-refractivity contribution in [3.63, 3.8) is 0 Å². The van der Waals surface area contributed by atoms with Crippen LogP contribution in [0, 0.1) is 0 Å². The number of fused-ring (bicyclic) bond motifs is 1. The Kier molecular flexibility index (Phi) is 6.86. The van der Waals surface area contributed by atoms with Crippen molar-refractivity contribution >= 4 is 85.2 Å². The molecule has 0 bridgehead atoms. The molecule has 0 fully saturated rings. The third kappa shape index (κ3) is 4.83. The van der Waals surface area contributed by atoms with Crippen molar-refractivity contribution < 1.29 is 9.36 Å². The number of aromatic nitrogens is 3. The second kappa shape index (κ2) is 9.90. The molecular formula is C23H21ClN5O2S4+. The van der Waals surface area contributed by atoms with Gasteiger partial charge in [0.05, 0.1) is 17.1 Å². The van der Waals surface area contributed by atoms with Gasteiger partial charge < -0.3 is 10.2 Å². The molecule has 1 aliphatic heterocycles. The third-order valence-electron chi connectivity index (χ3n) is 5.34. The van der Waals surface area contributed by atoms with Crippen molar-refractivity contribution in [1.82, 2.24) is 9.55 Å². The fourth-order valence-electron chi connectivity index (χ4n) is 3.73. The van der Waals surface area contributed by atoms with E-state index in [4.69, 9.17) is 11.6 Å². The molecule has 0 spiro atoms. The molecule has 4 aromatic rings. The number of carbonyl (C=O) groups is 1. The van der Waals surface area contributed by atoms with Gasteiger partial charge in [0.1, 0.15) is 19.9 Å². The van der Waals surface area contributed by atoms with Crippen LogP contribution in [0.25, 0.3) is 11.1 Å². The lowest BCUT2D eigenvalue weighted by Gasteiger charge is -2.12. The molecule has 0 radical (unpaired) electrons. The SMILES string of the molecule is CCn1c(=O)/c(=C2\Sc3cc(Cl)ccc3N2C)s/c1=C\c1scc[n+]1Cc1csc(NC(C)=O)n1. The molecule has 1 N–H and O–H groups in total. The first-order valence-corrected chi connectivity index (χ1v) is 14.5. The van der Waals surface area contributed by atoms with E-state index in [1.54, 1.807) is 23.1 Å². The zero-order valence-electron chi connectivity index (χ0n) is 19.1. The number of hydrogen-bond acceptors (Lipinski definition) is 8. The molecule has 1 aliphatic rings. The molecule has 0 saturated heterocycles. The lowest BCUT2D eigenvalue weighted by atomic mass is 10.3. The van der Waals surface area contributed by atoms with Gasteiger partial charge in [-0.15, -0.1) is 22.7 Å². The van der Waals surface area contributed by atoms with Gasteiger partial charge in [0.15, 0.2) is 17.9 Å². The predicted octanol–water partition coefficient (Wildman–Crippen LogP) is 3.53. The quantitative estimate of drug-likeness (QED) is 0.377. The molecule has 180 valence electrons. The molecule has 1 aromatic carbocycles. The van der Waals surface area contributed by atoms with Crippen molar-refractivity contribution in [2.75, 3.05) is 17.3 Å². The second-order valence-corrected chi connectivity index (χ2v) is 12.0. The number of amides is 1. The van der Waals surface area contributed by atoms with Crippen LogP contribution in [-0.4, -0.2) is 22.5 Å². The Labute approximate surface area is 222 Å². The summed E-state index contributed by atoms with van der Waals surface area (Å²) in [6.45, 7) is 4.62. The summed E-state index contributed by atoms with van der Waals surface area (Å²) in [6.07, 6.45) is 4.07. The minimum absolute atomic E-state index is 0.0135. The van der Waals surface area contributed by atoms with Gasteiger partial charge in [-0.3, -0.25) is 14.2 Å². The molecule has 0 atom stereocenters. The van der Waals surface area contributed by atoms with Crippen molar-refractivity contribution in [1.29, 1.82) is 0 Å². The van der Waals surface area contributed by atoms with E-state index < -0.39 is 0 Å². The first-order chi connectivity index (χ1) is 16.8. The number of benzene rings is 1. The molecule has 0 unspecified atom stereocenters. The van der Waals surface area contributed by atoms with Crippen LogP contribution in [0.1, 0.15) is 24.5 Å². The highest BCUT2D eigenvalue weighted by Crippen LogP contribution is 2.46. The first kappa shape index (κ1) is 24.3. The monoisotopic (exact) mass is 562 g/mol. The van der Waals surface area contributed by atoms with E-state index in [1.165, 1.54) is 29.6 Å². The summed E-state index contributed by atoms with van der Waals surface area (Å²) < 4.78 is 5.54. The number of thiazole rings is 3. The summed E-state index contributed by atoms with van der Waals surface area (Å²) in [7, 11) is 1.98. The maximum absolute atomic E-state index is 13.4. The number of nitrogens with zero attached hydrogens (tertiary/aromatic N) is 4. The van der Waals surface area contributed by atoms with Crippen LogP contribution in [0.4, 0.5) is 10.8 Å². The zero-order chi connectivity index (χ0) is 24.7. The summed E-state index contributed by atoms with van der Waals surface area (Å²) in [5.41, 5.74) is 1.93. The Hall–Kier alpha value is -2.44. The van der Waals surface area contributed by atoms with Crippen molar-refractivity contribution in [2.45, 2.75) is 31.8 Å². The maximum Gasteiger partial charge on any atom is 0.271 e. The lowest BCUT2D eigenvalue weighted by molar-refractivity contribution is -0.685. The van der Waals surface area contributed by atoms with E-state index in [-0.39, 0.29) is 11.5 Å². The van der Waals surface area contributed by atoms with Crippen LogP contribution in [-0.2, 0) is 17.9 Å². The number of carbonyl (C=O) groups excluding carboxylic acids is 1. The van der Waals surface area contributed by atoms with Crippen LogP contribution in [0.15, 0.2) is 44.8 Å². The second-order valence-electron chi connectivity index (χ2n) is 7.74. The first-order valence-electron chi connectivity index (χ1n) is 10.7. The van der Waals surface area contributed by atoms with E-state index in [2.05, 4.69) is 25.8 Å². The van der Waals surface area contributed by atoms with Crippen molar-refractivity contribution in [3.05, 3.63) is 70.4 Å². The smallest absolute Gasteiger partial charge is 0.271 e. The molecular weight excluding hydrogens is 542 g/mol. The van der Waals surface area contributed by atoms with Crippen LogP contribution in [0.5, 0.6) is 0 Å². The average Bonchev–Trinajstić information content (AvgIpc) is 3.57. The normalized spacial score (nSPS) is 15.1. The van der Waals surface area contributed by atoms with Crippen molar-refractivity contribution in [2.24, 2.45) is 0 Å². The van der Waals surface area contributed by atoms with Crippen LogP contribution in [0.3, 0.4) is 0 Å². The molecule has 0 aliphatic carbocycles. The summed E-state index contributed by atoms with van der Waals surface area (Å²) in [6, 6.07) is 5.80. The van der Waals surface area contributed by atoms with Crippen molar-refractivity contribution in [3.8, 4) is 0 Å². The minimum atomic E-state index is -0.135. The van der Waals surface area contributed by atoms with Crippen LogP contribution in [0.2, 0.25) is 5.02 Å². The lowest BCUT2D eigenvalue weighted by Crippen LogP contribution is -2.36. The van der Waals surface area contributed by atoms with Crippen LogP contribution < -0.4 is 29.5 Å². The van der Waals surface area contributed by atoms with Gasteiger partial charge in [-0.25, -0.2) is 4.98 Å². The predicted molar refractivity (Wildman–Crippen MR) is 146 cm³/mol. The van der Waals surface area contributed by atoms with Gasteiger partial charge in [-0.2, -0.15) is 4.57 Å². The molecule has 4 heterocycles. The number of rotatable bonds is 5. The van der Waals surface area contributed by atoms with E-state index in [9.17, 15) is 9.59 Å². The van der Waals surface area contributed by atoms with Crippen LogP contribution >= 0.6 is 57.4 Å². The molecule has 12 heteroatoms. The van der Waals surface area contributed by atoms with E-state index in [1.807, 2.05) is 53.7 Å². The van der Waals surface area contributed by atoms with Gasteiger partial charge in [0.2, 0.25) is 5.91 Å². The maximum atomic E-state index is 13.4. The Balaban J connectivity index is 1.53. The Bertz CT molecular complexity index is 1620. The Morgan fingerprint density at radius 1 is 1.31 bits per heavy atom. The highest BCUT2D eigenvalue weighted by Gasteiger charge is 2.25. The standard InChI is InChI=1S/C23H20ClN5O2S4/c1-4-29-19(10-18-28(7-8-32-18)11-15-12-33-23(26-15)25-13(2)30)35-20(21(29)31)22-27(3)16-6-5-14(24)9-17(16)34-22/h5-10,12H,4,11H2,1-3H3/p+1/b22-20+.